The van der Waals surface area contributed by atoms with E-state index in [1.54, 1.807) is 4.57 Å². The average molecular weight is 504 g/mol. The van der Waals surface area contributed by atoms with Crippen molar-refractivity contribution in [3.63, 3.8) is 0 Å². The highest BCUT2D eigenvalue weighted by Crippen LogP contribution is 2.30. The first kappa shape index (κ1) is 26.9. The second-order valence-electron chi connectivity index (χ2n) is 10.7. The largest absolute Gasteiger partial charge is 0.494 e. The van der Waals surface area contributed by atoms with Crippen LogP contribution in [0.2, 0.25) is 0 Å². The molecule has 6 nitrogen and oxygen atoms in total. The maximum absolute atomic E-state index is 13.8. The quantitative estimate of drug-likeness (QED) is 0.292. The lowest BCUT2D eigenvalue weighted by Crippen LogP contribution is -2.38. The van der Waals surface area contributed by atoms with E-state index in [0.29, 0.717) is 48.1 Å². The van der Waals surface area contributed by atoms with Gasteiger partial charge in [0.15, 0.2) is 0 Å². The van der Waals surface area contributed by atoms with Crippen LogP contribution in [-0.4, -0.2) is 33.5 Å². The van der Waals surface area contributed by atoms with Crippen LogP contribution in [0, 0.1) is 11.8 Å². The number of fused-ring (bicyclic) bond motifs is 1. The first-order chi connectivity index (χ1) is 17.9. The second kappa shape index (κ2) is 12.4. The highest BCUT2D eigenvalue weighted by atomic mass is 16.5. The van der Waals surface area contributed by atoms with Crippen molar-refractivity contribution in [1.82, 2.24) is 14.5 Å². The van der Waals surface area contributed by atoms with Crippen LogP contribution < -0.4 is 10.3 Å². The van der Waals surface area contributed by atoms with Crippen molar-refractivity contribution in [2.45, 2.75) is 78.7 Å². The van der Waals surface area contributed by atoms with Gasteiger partial charge in [-0.15, -0.1) is 0 Å². The first-order valence-corrected chi connectivity index (χ1v) is 13.9. The van der Waals surface area contributed by atoms with Crippen molar-refractivity contribution in [1.29, 1.82) is 0 Å². The van der Waals surface area contributed by atoms with Crippen LogP contribution >= 0.6 is 0 Å². The lowest BCUT2D eigenvalue weighted by Gasteiger charge is -2.31. The summed E-state index contributed by atoms with van der Waals surface area (Å²) in [5, 5.41) is 0.564. The number of hydrogen-bond acceptors (Lipinski definition) is 4. The summed E-state index contributed by atoms with van der Waals surface area (Å²) in [6, 6.07) is 14.6. The summed E-state index contributed by atoms with van der Waals surface area (Å²) >= 11 is 0. The Morgan fingerprint density at radius 1 is 1.08 bits per heavy atom. The molecule has 1 saturated carbocycles. The van der Waals surface area contributed by atoms with Crippen LogP contribution in [0.1, 0.15) is 84.5 Å². The lowest BCUT2D eigenvalue weighted by molar-refractivity contribution is -0.134. The number of carbonyl (C=O) groups excluding carboxylic acids is 1. The monoisotopic (exact) mass is 503 g/mol. The molecular formula is C31H41N3O3. The van der Waals surface area contributed by atoms with Gasteiger partial charge in [0.05, 0.1) is 29.2 Å². The molecule has 1 aromatic heterocycles. The first-order valence-electron chi connectivity index (χ1n) is 13.9. The second-order valence-corrected chi connectivity index (χ2v) is 10.7. The Hall–Kier alpha value is -3.15. The van der Waals surface area contributed by atoms with Crippen molar-refractivity contribution in [3.05, 3.63) is 64.7 Å². The fraction of sp³-hybridized carbons (Fsp3) is 0.516. The van der Waals surface area contributed by atoms with E-state index in [9.17, 15) is 9.59 Å². The summed E-state index contributed by atoms with van der Waals surface area (Å²) in [4.78, 5) is 34.4. The van der Waals surface area contributed by atoms with Gasteiger partial charge in [0.1, 0.15) is 11.6 Å². The van der Waals surface area contributed by atoms with Gasteiger partial charge in [-0.05, 0) is 74.9 Å². The molecule has 198 valence electrons. The van der Waals surface area contributed by atoms with Crippen molar-refractivity contribution in [2.24, 2.45) is 11.8 Å². The molecule has 1 heterocycles. The van der Waals surface area contributed by atoms with Gasteiger partial charge in [-0.3, -0.25) is 14.2 Å². The van der Waals surface area contributed by atoms with Gasteiger partial charge in [0, 0.05) is 13.0 Å². The van der Waals surface area contributed by atoms with Crippen molar-refractivity contribution in [2.75, 3.05) is 13.2 Å². The predicted octanol–water partition coefficient (Wildman–Crippen LogP) is 6.69. The predicted molar refractivity (Wildman–Crippen MR) is 149 cm³/mol. The number of aromatic nitrogens is 2. The van der Waals surface area contributed by atoms with E-state index >= 15 is 0 Å². The van der Waals surface area contributed by atoms with Crippen LogP contribution in [0.15, 0.2) is 53.3 Å². The molecule has 1 atom stereocenters. The normalized spacial score (nSPS) is 14.8. The smallest absolute Gasteiger partial charge is 0.266 e. The molecule has 4 rings (SSSR count). The molecule has 37 heavy (non-hydrogen) atoms. The number of hydrogen-bond donors (Lipinski definition) is 0. The van der Waals surface area contributed by atoms with Crippen LogP contribution in [0.5, 0.6) is 5.75 Å². The number of rotatable bonds is 11. The number of nitrogens with zero attached hydrogens (tertiary/aromatic N) is 3. The van der Waals surface area contributed by atoms with Crippen LogP contribution in [0.25, 0.3) is 16.6 Å². The van der Waals surface area contributed by atoms with Gasteiger partial charge in [-0.1, -0.05) is 51.7 Å². The Morgan fingerprint density at radius 3 is 2.46 bits per heavy atom. The number of benzene rings is 2. The van der Waals surface area contributed by atoms with E-state index in [1.165, 1.54) is 25.7 Å². The fourth-order valence-corrected chi connectivity index (χ4v) is 5.38. The molecule has 1 aliphatic carbocycles. The van der Waals surface area contributed by atoms with Gasteiger partial charge < -0.3 is 9.64 Å². The minimum Gasteiger partial charge on any atom is -0.494 e. The molecule has 3 aromatic rings. The molecule has 0 saturated heterocycles. The Balaban J connectivity index is 1.74. The molecule has 0 aliphatic heterocycles. The highest BCUT2D eigenvalue weighted by molar-refractivity contribution is 5.79. The molecule has 1 fully saturated rings. The summed E-state index contributed by atoms with van der Waals surface area (Å²) in [6.45, 7) is 9.53. The molecule has 0 radical (unpaired) electrons. The summed E-state index contributed by atoms with van der Waals surface area (Å²) in [6.07, 6.45) is 7.43. The maximum atomic E-state index is 13.8. The molecule has 0 spiro atoms. The van der Waals surface area contributed by atoms with Crippen LogP contribution in [0.3, 0.4) is 0 Å². The van der Waals surface area contributed by atoms with Crippen molar-refractivity contribution >= 4 is 16.8 Å². The molecule has 0 bridgehead atoms. The molecule has 1 amide bonds. The molecule has 1 unspecified atom stereocenters. The Morgan fingerprint density at radius 2 is 1.78 bits per heavy atom. The Labute approximate surface area is 220 Å². The minimum atomic E-state index is -0.348. The van der Waals surface area contributed by atoms with Gasteiger partial charge in [0.2, 0.25) is 5.91 Å². The zero-order valence-electron chi connectivity index (χ0n) is 22.8. The summed E-state index contributed by atoms with van der Waals surface area (Å²) < 4.78 is 7.29. The van der Waals surface area contributed by atoms with Crippen LogP contribution in [-0.2, 0) is 4.79 Å². The topological polar surface area (TPSA) is 64.4 Å². The number of para-hydroxylation sites is 1. The minimum absolute atomic E-state index is 0.126. The van der Waals surface area contributed by atoms with E-state index in [4.69, 9.17) is 9.72 Å². The highest BCUT2D eigenvalue weighted by Gasteiger charge is 2.28. The fourth-order valence-electron chi connectivity index (χ4n) is 5.38. The molecular weight excluding hydrogens is 462 g/mol. The Bertz CT molecular complexity index is 1240. The average Bonchev–Trinajstić information content (AvgIpc) is 3.42. The zero-order chi connectivity index (χ0) is 26.4. The molecule has 0 N–H and O–H groups in total. The van der Waals surface area contributed by atoms with Crippen molar-refractivity contribution in [3.8, 4) is 11.4 Å². The molecule has 6 heteroatoms. The van der Waals surface area contributed by atoms with E-state index in [-0.39, 0.29) is 17.5 Å². The summed E-state index contributed by atoms with van der Waals surface area (Å²) in [7, 11) is 0. The number of carbonyl (C=O) groups is 1. The molecule has 2 aromatic carbocycles. The lowest BCUT2D eigenvalue weighted by atomic mass is 10.0. The third kappa shape index (κ3) is 6.41. The van der Waals surface area contributed by atoms with Crippen molar-refractivity contribution < 1.29 is 9.53 Å². The third-order valence-corrected chi connectivity index (χ3v) is 7.56. The number of amides is 1. The van der Waals surface area contributed by atoms with Gasteiger partial charge >= 0.3 is 0 Å². The zero-order valence-corrected chi connectivity index (χ0v) is 22.8. The van der Waals surface area contributed by atoms with E-state index in [2.05, 4.69) is 13.8 Å². The van der Waals surface area contributed by atoms with E-state index in [1.807, 2.05) is 67.3 Å². The van der Waals surface area contributed by atoms with E-state index < -0.39 is 0 Å². The van der Waals surface area contributed by atoms with Gasteiger partial charge in [-0.2, -0.15) is 0 Å². The standard InChI is InChI=1S/C31H41N3O3/c1-5-37-26-17-15-25(16-18-26)34-30(32-28-13-9-8-12-27(28)31(34)36)23(4)33(21-20-22(2)3)29(35)19-14-24-10-6-7-11-24/h8-9,12-13,15-18,22-24H,5-7,10-11,14,19-21H2,1-4H3. The number of ether oxygens (including phenoxy) is 1. The van der Waals surface area contributed by atoms with Gasteiger partial charge in [0.25, 0.3) is 5.56 Å². The molecule has 1 aliphatic rings. The maximum Gasteiger partial charge on any atom is 0.266 e. The van der Waals surface area contributed by atoms with E-state index in [0.717, 1.165) is 24.3 Å². The summed E-state index contributed by atoms with van der Waals surface area (Å²) in [5.74, 6) is 2.62. The SMILES string of the molecule is CCOc1ccc(-n2c(C(C)N(CCC(C)C)C(=O)CCC3CCCC3)nc3ccccc3c2=O)cc1. The van der Waals surface area contributed by atoms with Gasteiger partial charge in [-0.25, -0.2) is 4.98 Å². The van der Waals surface area contributed by atoms with Crippen LogP contribution in [0.4, 0.5) is 0 Å². The Kier molecular flexibility index (Phi) is 9.01. The third-order valence-electron chi connectivity index (χ3n) is 7.56. The summed E-state index contributed by atoms with van der Waals surface area (Å²) in [5.41, 5.74) is 1.24.